The van der Waals surface area contributed by atoms with Gasteiger partial charge < -0.3 is 15.8 Å². The summed E-state index contributed by atoms with van der Waals surface area (Å²) in [7, 11) is 1.25. The number of halogens is 1. The monoisotopic (exact) mass is 256 g/mol. The Morgan fingerprint density at radius 1 is 1.59 bits per heavy atom. The molecule has 0 spiro atoms. The highest BCUT2D eigenvalue weighted by Gasteiger charge is 2.22. The maximum absolute atomic E-state index is 11.3. The molecule has 0 bridgehead atoms. The van der Waals surface area contributed by atoms with Gasteiger partial charge in [-0.1, -0.05) is 11.6 Å². The summed E-state index contributed by atoms with van der Waals surface area (Å²) in [5.74, 6) is 0.447. The second-order valence-electron chi connectivity index (χ2n) is 3.91. The van der Waals surface area contributed by atoms with E-state index in [4.69, 9.17) is 17.3 Å². The lowest BCUT2D eigenvalue weighted by Crippen LogP contribution is -2.14. The number of esters is 1. The smallest absolute Gasteiger partial charge is 0.360 e. The SMILES string of the molecule is COC(=O)c1nc(Cl)c(NCC2CC2)nc1N. The second kappa shape index (κ2) is 4.75. The molecule has 3 N–H and O–H groups in total. The van der Waals surface area contributed by atoms with E-state index in [1.54, 1.807) is 0 Å². The summed E-state index contributed by atoms with van der Waals surface area (Å²) in [5, 5.41) is 3.19. The zero-order valence-electron chi connectivity index (χ0n) is 9.36. The van der Waals surface area contributed by atoms with Gasteiger partial charge >= 0.3 is 5.97 Å². The van der Waals surface area contributed by atoms with Gasteiger partial charge in [0.05, 0.1) is 7.11 Å². The molecule has 1 aromatic rings. The molecule has 0 aromatic carbocycles. The number of nitrogens with zero attached hydrogens (tertiary/aromatic N) is 2. The molecule has 0 radical (unpaired) electrons. The molecular weight excluding hydrogens is 244 g/mol. The minimum Gasteiger partial charge on any atom is -0.464 e. The molecule has 0 atom stereocenters. The van der Waals surface area contributed by atoms with E-state index in [1.807, 2.05) is 0 Å². The molecule has 0 saturated heterocycles. The van der Waals surface area contributed by atoms with Gasteiger partial charge in [0, 0.05) is 6.54 Å². The van der Waals surface area contributed by atoms with Crippen molar-refractivity contribution in [3.63, 3.8) is 0 Å². The van der Waals surface area contributed by atoms with Crippen LogP contribution in [-0.4, -0.2) is 29.6 Å². The summed E-state index contributed by atoms with van der Waals surface area (Å²) >= 11 is 5.91. The third kappa shape index (κ3) is 2.76. The molecule has 6 nitrogen and oxygen atoms in total. The Morgan fingerprint density at radius 3 is 2.88 bits per heavy atom. The Labute approximate surface area is 104 Å². The van der Waals surface area contributed by atoms with Gasteiger partial charge in [0.15, 0.2) is 22.5 Å². The number of aromatic nitrogens is 2. The summed E-state index contributed by atoms with van der Waals surface area (Å²) < 4.78 is 4.52. The minimum atomic E-state index is -0.648. The lowest BCUT2D eigenvalue weighted by molar-refractivity contribution is 0.0595. The van der Waals surface area contributed by atoms with Crippen LogP contribution in [0, 0.1) is 5.92 Å². The van der Waals surface area contributed by atoms with Crippen LogP contribution in [0.15, 0.2) is 0 Å². The molecular formula is C10H13ClN4O2. The number of anilines is 2. The highest BCUT2D eigenvalue weighted by Crippen LogP contribution is 2.30. The number of hydrogen-bond donors (Lipinski definition) is 2. The van der Waals surface area contributed by atoms with Crippen LogP contribution >= 0.6 is 11.6 Å². The van der Waals surface area contributed by atoms with E-state index in [-0.39, 0.29) is 16.7 Å². The summed E-state index contributed by atoms with van der Waals surface area (Å²) in [5.41, 5.74) is 5.55. The first-order valence-corrected chi connectivity index (χ1v) is 5.64. The van der Waals surface area contributed by atoms with Crippen molar-refractivity contribution >= 4 is 29.2 Å². The Morgan fingerprint density at radius 2 is 2.29 bits per heavy atom. The number of carbonyl (C=O) groups excluding carboxylic acids is 1. The maximum Gasteiger partial charge on any atom is 0.360 e. The first-order chi connectivity index (χ1) is 8.11. The van der Waals surface area contributed by atoms with Crippen molar-refractivity contribution < 1.29 is 9.53 Å². The number of methoxy groups -OCH3 is 1. The number of carbonyl (C=O) groups is 1. The van der Waals surface area contributed by atoms with Gasteiger partial charge in [-0.25, -0.2) is 14.8 Å². The molecule has 2 rings (SSSR count). The van der Waals surface area contributed by atoms with Gasteiger partial charge in [0.1, 0.15) is 0 Å². The Balaban J connectivity index is 2.17. The lowest BCUT2D eigenvalue weighted by Gasteiger charge is -2.09. The summed E-state index contributed by atoms with van der Waals surface area (Å²) in [4.78, 5) is 19.2. The number of nitrogens with two attached hydrogens (primary N) is 1. The quantitative estimate of drug-likeness (QED) is 0.790. The number of ether oxygens (including phenoxy) is 1. The molecule has 92 valence electrons. The van der Waals surface area contributed by atoms with Crippen molar-refractivity contribution in [1.82, 2.24) is 9.97 Å². The molecule has 1 heterocycles. The van der Waals surface area contributed by atoms with Crippen molar-refractivity contribution in [1.29, 1.82) is 0 Å². The average molecular weight is 257 g/mol. The molecule has 0 amide bonds. The Bertz CT molecular complexity index is 448. The Kier molecular flexibility index (Phi) is 3.33. The highest BCUT2D eigenvalue weighted by molar-refractivity contribution is 6.31. The summed E-state index contributed by atoms with van der Waals surface area (Å²) in [6.07, 6.45) is 2.43. The minimum absolute atomic E-state index is 0.0135. The molecule has 0 unspecified atom stereocenters. The van der Waals surface area contributed by atoms with E-state index in [0.29, 0.717) is 11.7 Å². The largest absolute Gasteiger partial charge is 0.464 e. The van der Waals surface area contributed by atoms with Crippen molar-refractivity contribution in [2.24, 2.45) is 5.92 Å². The van der Waals surface area contributed by atoms with E-state index in [2.05, 4.69) is 20.0 Å². The predicted octanol–water partition coefficient (Wildman–Crippen LogP) is 1.32. The topological polar surface area (TPSA) is 90.1 Å². The fourth-order valence-corrected chi connectivity index (χ4v) is 1.54. The molecule has 1 aromatic heterocycles. The first-order valence-electron chi connectivity index (χ1n) is 5.27. The lowest BCUT2D eigenvalue weighted by atomic mass is 10.4. The molecule has 1 fully saturated rings. The van der Waals surface area contributed by atoms with Crippen LogP contribution < -0.4 is 11.1 Å². The molecule has 1 aliphatic rings. The van der Waals surface area contributed by atoms with Crippen LogP contribution in [-0.2, 0) is 4.74 Å². The maximum atomic E-state index is 11.3. The van der Waals surface area contributed by atoms with Gasteiger partial charge in [-0.2, -0.15) is 0 Å². The molecule has 1 aliphatic carbocycles. The van der Waals surface area contributed by atoms with Crippen molar-refractivity contribution in [3.8, 4) is 0 Å². The zero-order chi connectivity index (χ0) is 12.4. The van der Waals surface area contributed by atoms with Gasteiger partial charge in [0.25, 0.3) is 0 Å². The van der Waals surface area contributed by atoms with Gasteiger partial charge in [0.2, 0.25) is 0 Å². The normalized spacial score (nSPS) is 14.5. The van der Waals surface area contributed by atoms with E-state index >= 15 is 0 Å². The van der Waals surface area contributed by atoms with Crippen LogP contribution in [0.5, 0.6) is 0 Å². The van der Waals surface area contributed by atoms with E-state index in [0.717, 1.165) is 6.54 Å². The van der Waals surface area contributed by atoms with Gasteiger partial charge in [-0.3, -0.25) is 0 Å². The number of nitrogens with one attached hydrogen (secondary N) is 1. The second-order valence-corrected chi connectivity index (χ2v) is 4.27. The molecule has 17 heavy (non-hydrogen) atoms. The van der Waals surface area contributed by atoms with Crippen LogP contribution in [0.2, 0.25) is 5.15 Å². The summed E-state index contributed by atoms with van der Waals surface area (Å²) in [6, 6.07) is 0. The average Bonchev–Trinajstić information content (AvgIpc) is 3.12. The fourth-order valence-electron chi connectivity index (χ4n) is 1.35. The van der Waals surface area contributed by atoms with E-state index < -0.39 is 5.97 Å². The molecule has 0 aliphatic heterocycles. The van der Waals surface area contributed by atoms with Crippen LogP contribution in [0.1, 0.15) is 23.3 Å². The van der Waals surface area contributed by atoms with Crippen molar-refractivity contribution in [3.05, 3.63) is 10.8 Å². The summed E-state index contributed by atoms with van der Waals surface area (Å²) in [6.45, 7) is 0.797. The van der Waals surface area contributed by atoms with E-state index in [9.17, 15) is 4.79 Å². The first kappa shape index (κ1) is 11.9. The van der Waals surface area contributed by atoms with Crippen LogP contribution in [0.4, 0.5) is 11.6 Å². The molecule has 1 saturated carbocycles. The fraction of sp³-hybridized carbons (Fsp3) is 0.500. The standard InChI is InChI=1S/C10H13ClN4O2/c1-17-10(16)6-8(12)15-9(7(11)14-6)13-4-5-2-3-5/h5H,2-4H2,1H3,(H3,12,13,15). The molecule has 7 heteroatoms. The van der Waals surface area contributed by atoms with E-state index in [1.165, 1.54) is 20.0 Å². The van der Waals surface area contributed by atoms with Gasteiger partial charge in [-0.05, 0) is 18.8 Å². The number of nitrogen functional groups attached to an aromatic ring is 1. The van der Waals surface area contributed by atoms with Crippen molar-refractivity contribution in [2.45, 2.75) is 12.8 Å². The third-order valence-corrected chi connectivity index (χ3v) is 2.78. The number of hydrogen-bond acceptors (Lipinski definition) is 6. The van der Waals surface area contributed by atoms with Gasteiger partial charge in [-0.15, -0.1) is 0 Å². The number of rotatable bonds is 4. The zero-order valence-corrected chi connectivity index (χ0v) is 10.1. The van der Waals surface area contributed by atoms with Crippen LogP contribution in [0.3, 0.4) is 0 Å². The highest BCUT2D eigenvalue weighted by atomic mass is 35.5. The van der Waals surface area contributed by atoms with Crippen LogP contribution in [0.25, 0.3) is 0 Å². The van der Waals surface area contributed by atoms with Crippen molar-refractivity contribution in [2.75, 3.05) is 24.7 Å². The third-order valence-electron chi connectivity index (χ3n) is 2.51. The Hall–Kier alpha value is -1.56. The predicted molar refractivity (Wildman–Crippen MR) is 64.0 cm³/mol.